The van der Waals surface area contributed by atoms with Crippen LogP contribution in [0.15, 0.2) is 24.5 Å². The summed E-state index contributed by atoms with van der Waals surface area (Å²) in [6.07, 6.45) is 4.05. The van der Waals surface area contributed by atoms with Crippen LogP contribution < -0.4 is 16.4 Å². The molecule has 1 aromatic heterocycles. The van der Waals surface area contributed by atoms with Crippen LogP contribution in [0.5, 0.6) is 0 Å². The molecule has 0 aliphatic carbocycles. The Balaban J connectivity index is 1.80. The number of nitrogens with one attached hydrogen (secondary N) is 2. The van der Waals surface area contributed by atoms with Crippen molar-refractivity contribution in [2.24, 2.45) is 7.05 Å². The number of hydrogen-bond donors (Lipinski definition) is 3. The molecular weight excluding hydrogens is 242 g/mol. The number of nitrogen functional groups attached to an aromatic ring is 1. The van der Waals surface area contributed by atoms with Crippen LogP contribution in [0.1, 0.15) is 11.4 Å². The summed E-state index contributed by atoms with van der Waals surface area (Å²) < 4.78 is 1.94. The van der Waals surface area contributed by atoms with Gasteiger partial charge in [0.15, 0.2) is 0 Å². The van der Waals surface area contributed by atoms with Gasteiger partial charge < -0.3 is 20.9 Å². The second kappa shape index (κ2) is 4.31. The third kappa shape index (κ3) is 2.12. The summed E-state index contributed by atoms with van der Waals surface area (Å²) in [5.74, 6) is 0.930. The summed E-state index contributed by atoms with van der Waals surface area (Å²) in [5.41, 5.74) is 9.22. The van der Waals surface area contributed by atoms with Crippen LogP contribution in [0.2, 0.25) is 0 Å². The lowest BCUT2D eigenvalue weighted by molar-refractivity contribution is -0.115. The topological polar surface area (TPSA) is 85.0 Å². The number of aryl methyl sites for hydroxylation is 1. The summed E-state index contributed by atoms with van der Waals surface area (Å²) in [5, 5.41) is 6.06. The normalized spacial score (nSPS) is 13.2. The molecule has 98 valence electrons. The molecule has 2 heterocycles. The molecule has 0 radical (unpaired) electrons. The second-order valence-electron chi connectivity index (χ2n) is 4.63. The molecule has 6 nitrogen and oxygen atoms in total. The van der Waals surface area contributed by atoms with Crippen molar-refractivity contribution in [2.45, 2.75) is 13.0 Å². The number of anilines is 3. The Kier molecular flexibility index (Phi) is 2.63. The number of fused-ring (bicyclic) bond motifs is 1. The van der Waals surface area contributed by atoms with Gasteiger partial charge in [-0.15, -0.1) is 0 Å². The summed E-state index contributed by atoms with van der Waals surface area (Å²) >= 11 is 0. The fourth-order valence-corrected chi connectivity index (χ4v) is 2.19. The Morgan fingerprint density at radius 3 is 3.11 bits per heavy atom. The molecule has 4 N–H and O–H groups in total. The number of imidazole rings is 1. The van der Waals surface area contributed by atoms with Gasteiger partial charge in [-0.25, -0.2) is 4.98 Å². The Morgan fingerprint density at radius 2 is 2.37 bits per heavy atom. The SMILES string of the molecule is Cn1ccnc1CNc1cc2c(cc1N)CC(=O)N2. The summed E-state index contributed by atoms with van der Waals surface area (Å²) in [4.78, 5) is 15.6. The van der Waals surface area contributed by atoms with Gasteiger partial charge in [-0.1, -0.05) is 0 Å². The van der Waals surface area contributed by atoms with E-state index in [9.17, 15) is 4.79 Å². The summed E-state index contributed by atoms with van der Waals surface area (Å²) in [7, 11) is 1.94. The zero-order valence-electron chi connectivity index (χ0n) is 10.6. The molecule has 0 fully saturated rings. The first-order valence-corrected chi connectivity index (χ1v) is 6.06. The lowest BCUT2D eigenvalue weighted by Crippen LogP contribution is -2.07. The predicted molar refractivity (Wildman–Crippen MR) is 73.7 cm³/mol. The number of aromatic nitrogens is 2. The highest BCUT2D eigenvalue weighted by atomic mass is 16.1. The smallest absolute Gasteiger partial charge is 0.228 e. The van der Waals surface area contributed by atoms with E-state index in [4.69, 9.17) is 5.73 Å². The second-order valence-corrected chi connectivity index (χ2v) is 4.63. The fourth-order valence-electron chi connectivity index (χ4n) is 2.19. The van der Waals surface area contributed by atoms with Gasteiger partial charge in [0.05, 0.1) is 24.3 Å². The van der Waals surface area contributed by atoms with E-state index in [2.05, 4.69) is 15.6 Å². The molecule has 19 heavy (non-hydrogen) atoms. The number of carbonyl (C=O) groups is 1. The Hall–Kier alpha value is -2.50. The molecule has 1 aromatic carbocycles. The van der Waals surface area contributed by atoms with Gasteiger partial charge in [0.1, 0.15) is 5.82 Å². The molecule has 0 saturated carbocycles. The number of rotatable bonds is 3. The van der Waals surface area contributed by atoms with Crippen LogP contribution in [0.3, 0.4) is 0 Å². The van der Waals surface area contributed by atoms with Crippen molar-refractivity contribution in [3.8, 4) is 0 Å². The maximum absolute atomic E-state index is 11.3. The molecule has 1 aliphatic rings. The van der Waals surface area contributed by atoms with Crippen LogP contribution in [0.25, 0.3) is 0 Å². The number of carbonyl (C=O) groups excluding carboxylic acids is 1. The van der Waals surface area contributed by atoms with E-state index in [0.29, 0.717) is 18.7 Å². The van der Waals surface area contributed by atoms with Crippen molar-refractivity contribution in [3.05, 3.63) is 35.9 Å². The van der Waals surface area contributed by atoms with Crippen LogP contribution >= 0.6 is 0 Å². The quantitative estimate of drug-likeness (QED) is 0.719. The predicted octanol–water partition coefficient (Wildman–Crippen LogP) is 1.11. The van der Waals surface area contributed by atoms with Gasteiger partial charge in [0.25, 0.3) is 0 Å². The largest absolute Gasteiger partial charge is 0.397 e. The van der Waals surface area contributed by atoms with Gasteiger partial charge in [-0.3, -0.25) is 4.79 Å². The number of amides is 1. The van der Waals surface area contributed by atoms with Crippen molar-refractivity contribution in [2.75, 3.05) is 16.4 Å². The monoisotopic (exact) mass is 257 g/mol. The minimum Gasteiger partial charge on any atom is -0.397 e. The highest BCUT2D eigenvalue weighted by molar-refractivity contribution is 6.00. The molecule has 0 atom stereocenters. The highest BCUT2D eigenvalue weighted by Crippen LogP contribution is 2.31. The van der Waals surface area contributed by atoms with Crippen LogP contribution in [-0.4, -0.2) is 15.5 Å². The molecule has 0 unspecified atom stereocenters. The summed E-state index contributed by atoms with van der Waals surface area (Å²) in [6.45, 7) is 0.584. The number of benzene rings is 1. The zero-order chi connectivity index (χ0) is 13.4. The van der Waals surface area contributed by atoms with Gasteiger partial charge in [-0.05, 0) is 17.7 Å². The van der Waals surface area contributed by atoms with Crippen molar-refractivity contribution < 1.29 is 4.79 Å². The summed E-state index contributed by atoms with van der Waals surface area (Å²) in [6, 6.07) is 3.71. The van der Waals surface area contributed by atoms with Crippen molar-refractivity contribution in [1.29, 1.82) is 0 Å². The molecule has 0 spiro atoms. The molecule has 6 heteroatoms. The van der Waals surface area contributed by atoms with E-state index in [-0.39, 0.29) is 5.91 Å². The van der Waals surface area contributed by atoms with Crippen LogP contribution in [0.4, 0.5) is 17.1 Å². The van der Waals surface area contributed by atoms with Crippen molar-refractivity contribution >= 4 is 23.0 Å². The molecule has 0 saturated heterocycles. The van der Waals surface area contributed by atoms with Gasteiger partial charge in [0.2, 0.25) is 5.91 Å². The van der Waals surface area contributed by atoms with Crippen LogP contribution in [0, 0.1) is 0 Å². The van der Waals surface area contributed by atoms with E-state index in [1.807, 2.05) is 29.9 Å². The fraction of sp³-hybridized carbons (Fsp3) is 0.231. The van der Waals surface area contributed by atoms with E-state index in [1.54, 1.807) is 6.20 Å². The first-order chi connectivity index (χ1) is 9.13. The molecule has 0 bridgehead atoms. The lowest BCUT2D eigenvalue weighted by atomic mass is 10.1. The van der Waals surface area contributed by atoms with Gasteiger partial charge in [0, 0.05) is 25.1 Å². The van der Waals surface area contributed by atoms with Crippen molar-refractivity contribution in [1.82, 2.24) is 9.55 Å². The zero-order valence-corrected chi connectivity index (χ0v) is 10.6. The van der Waals surface area contributed by atoms with Gasteiger partial charge >= 0.3 is 0 Å². The average Bonchev–Trinajstić information content (AvgIpc) is 2.91. The number of nitrogens with zero attached hydrogens (tertiary/aromatic N) is 2. The van der Waals surface area contributed by atoms with Crippen molar-refractivity contribution in [3.63, 3.8) is 0 Å². The Labute approximate surface area is 110 Å². The Morgan fingerprint density at radius 1 is 1.53 bits per heavy atom. The number of hydrogen-bond acceptors (Lipinski definition) is 4. The first kappa shape index (κ1) is 11.6. The molecule has 1 aliphatic heterocycles. The first-order valence-electron chi connectivity index (χ1n) is 6.06. The molecular formula is C13H15N5O. The Bertz CT molecular complexity index is 646. The molecule has 1 amide bonds. The van der Waals surface area contributed by atoms with E-state index < -0.39 is 0 Å². The molecule has 3 rings (SSSR count). The van der Waals surface area contributed by atoms with Crippen LogP contribution in [-0.2, 0) is 24.8 Å². The minimum atomic E-state index is 0.00986. The standard InChI is InChI=1S/C13H15N5O/c1-18-3-2-15-12(18)7-16-11-6-10-8(4-9(11)14)5-13(19)17-10/h2-4,6,16H,5,7,14H2,1H3,(H,17,19). The average molecular weight is 257 g/mol. The minimum absolute atomic E-state index is 0.00986. The maximum atomic E-state index is 11.3. The van der Waals surface area contributed by atoms with E-state index in [0.717, 1.165) is 22.8 Å². The third-order valence-corrected chi connectivity index (χ3v) is 3.26. The molecule has 2 aromatic rings. The lowest BCUT2D eigenvalue weighted by Gasteiger charge is -2.11. The van der Waals surface area contributed by atoms with Gasteiger partial charge in [-0.2, -0.15) is 0 Å². The highest BCUT2D eigenvalue weighted by Gasteiger charge is 2.19. The maximum Gasteiger partial charge on any atom is 0.228 e. The third-order valence-electron chi connectivity index (χ3n) is 3.26. The number of nitrogens with two attached hydrogens (primary N) is 1. The van der Waals surface area contributed by atoms with E-state index >= 15 is 0 Å². The van der Waals surface area contributed by atoms with E-state index in [1.165, 1.54) is 0 Å².